The van der Waals surface area contributed by atoms with Gasteiger partial charge in [0.1, 0.15) is 5.75 Å². The maximum absolute atomic E-state index is 12.5. The van der Waals surface area contributed by atoms with Crippen molar-refractivity contribution >= 4 is 23.2 Å². The van der Waals surface area contributed by atoms with Gasteiger partial charge in [0.15, 0.2) is 0 Å². The van der Waals surface area contributed by atoms with Gasteiger partial charge in [0.25, 0.3) is 5.91 Å². The van der Waals surface area contributed by atoms with E-state index in [9.17, 15) is 9.59 Å². The van der Waals surface area contributed by atoms with Crippen molar-refractivity contribution in [3.63, 3.8) is 0 Å². The molecule has 0 spiro atoms. The minimum absolute atomic E-state index is 0.0969. The van der Waals surface area contributed by atoms with Gasteiger partial charge in [-0.2, -0.15) is 0 Å². The van der Waals surface area contributed by atoms with E-state index in [0.717, 1.165) is 24.2 Å². The standard InChI is InChI=1S/C23H24N2O3/c1-16-20-11-4-5-12-21(20)23(27)25(16)14-13-22(26)24-17-7-6-10-19(15-17)28-18-8-2-3-9-18/h4-7,10-12,15,18H,1-3,8-9,13-14H2,(H,24,26). The Morgan fingerprint density at radius 2 is 1.86 bits per heavy atom. The summed E-state index contributed by atoms with van der Waals surface area (Å²) in [6.45, 7) is 4.31. The quantitative estimate of drug-likeness (QED) is 0.810. The molecule has 1 heterocycles. The number of fused-ring (bicyclic) bond motifs is 1. The van der Waals surface area contributed by atoms with Gasteiger partial charge in [-0.25, -0.2) is 0 Å². The van der Waals surface area contributed by atoms with Crippen LogP contribution in [0.1, 0.15) is 48.0 Å². The third-order valence-corrected chi connectivity index (χ3v) is 5.32. The molecule has 1 fully saturated rings. The Labute approximate surface area is 165 Å². The summed E-state index contributed by atoms with van der Waals surface area (Å²) in [6, 6.07) is 14.9. The van der Waals surface area contributed by atoms with Crippen LogP contribution < -0.4 is 10.1 Å². The second-order valence-corrected chi connectivity index (χ2v) is 7.30. The third kappa shape index (κ3) is 3.79. The van der Waals surface area contributed by atoms with Crippen molar-refractivity contribution in [3.05, 3.63) is 66.2 Å². The Hall–Kier alpha value is -3.08. The van der Waals surface area contributed by atoms with Crippen molar-refractivity contribution in [3.8, 4) is 5.75 Å². The Morgan fingerprint density at radius 3 is 2.61 bits per heavy atom. The molecule has 1 N–H and O–H groups in total. The summed E-state index contributed by atoms with van der Waals surface area (Å²) in [7, 11) is 0. The lowest BCUT2D eigenvalue weighted by atomic mass is 10.1. The smallest absolute Gasteiger partial charge is 0.258 e. The summed E-state index contributed by atoms with van der Waals surface area (Å²) in [5, 5.41) is 2.90. The van der Waals surface area contributed by atoms with Gasteiger partial charge in [0, 0.05) is 41.5 Å². The SMILES string of the molecule is C=C1c2ccccc2C(=O)N1CCC(=O)Nc1cccc(OC2CCCC2)c1. The van der Waals surface area contributed by atoms with Crippen molar-refractivity contribution in [2.24, 2.45) is 0 Å². The van der Waals surface area contributed by atoms with Crippen LogP contribution in [0, 0.1) is 0 Å². The van der Waals surface area contributed by atoms with Crippen LogP contribution in [0.5, 0.6) is 5.75 Å². The molecule has 0 atom stereocenters. The molecule has 4 rings (SSSR count). The molecule has 28 heavy (non-hydrogen) atoms. The predicted octanol–water partition coefficient (Wildman–Crippen LogP) is 4.46. The first-order valence-corrected chi connectivity index (χ1v) is 9.78. The highest BCUT2D eigenvalue weighted by molar-refractivity contribution is 6.09. The minimum atomic E-state index is -0.144. The number of carbonyl (C=O) groups is 2. The van der Waals surface area contributed by atoms with Crippen LogP contribution in [-0.2, 0) is 4.79 Å². The van der Waals surface area contributed by atoms with Gasteiger partial charge in [-0.15, -0.1) is 0 Å². The second-order valence-electron chi connectivity index (χ2n) is 7.30. The first kappa shape index (κ1) is 18.3. The van der Waals surface area contributed by atoms with E-state index in [4.69, 9.17) is 4.74 Å². The predicted molar refractivity (Wildman–Crippen MR) is 109 cm³/mol. The molecule has 2 amide bonds. The summed E-state index contributed by atoms with van der Waals surface area (Å²) in [5.74, 6) is 0.540. The van der Waals surface area contributed by atoms with Gasteiger partial charge in [-0.05, 0) is 43.9 Å². The van der Waals surface area contributed by atoms with E-state index in [1.165, 1.54) is 12.8 Å². The van der Waals surface area contributed by atoms with Crippen LogP contribution in [0.25, 0.3) is 5.70 Å². The fourth-order valence-electron chi connectivity index (χ4n) is 3.85. The van der Waals surface area contributed by atoms with E-state index in [1.807, 2.05) is 42.5 Å². The topological polar surface area (TPSA) is 58.6 Å². The maximum Gasteiger partial charge on any atom is 0.258 e. The van der Waals surface area contributed by atoms with Crippen LogP contribution >= 0.6 is 0 Å². The summed E-state index contributed by atoms with van der Waals surface area (Å²) < 4.78 is 5.99. The molecule has 144 valence electrons. The van der Waals surface area contributed by atoms with Gasteiger partial charge in [-0.3, -0.25) is 9.59 Å². The Morgan fingerprint density at radius 1 is 1.11 bits per heavy atom. The number of amides is 2. The number of nitrogens with zero attached hydrogens (tertiary/aromatic N) is 1. The normalized spacial score (nSPS) is 16.4. The molecule has 0 aromatic heterocycles. The van der Waals surface area contributed by atoms with Crippen molar-refractivity contribution in [2.45, 2.75) is 38.2 Å². The molecule has 1 aliphatic carbocycles. The molecule has 0 unspecified atom stereocenters. The highest BCUT2D eigenvalue weighted by atomic mass is 16.5. The molecule has 2 aromatic rings. The van der Waals surface area contributed by atoms with Crippen LogP contribution in [0.15, 0.2) is 55.1 Å². The number of rotatable bonds is 6. The minimum Gasteiger partial charge on any atom is -0.490 e. The molecular weight excluding hydrogens is 352 g/mol. The molecule has 1 aliphatic heterocycles. The Bertz CT molecular complexity index is 881. The molecule has 2 aliphatic rings. The summed E-state index contributed by atoms with van der Waals surface area (Å²) in [4.78, 5) is 26.5. The molecule has 2 aromatic carbocycles. The first-order valence-electron chi connectivity index (χ1n) is 9.78. The summed E-state index contributed by atoms with van der Waals surface area (Å²) in [5.41, 5.74) is 2.84. The van der Waals surface area contributed by atoms with Crippen molar-refractivity contribution in [2.75, 3.05) is 11.9 Å². The number of hydrogen-bond donors (Lipinski definition) is 1. The molecule has 0 saturated heterocycles. The number of hydrogen-bond acceptors (Lipinski definition) is 3. The second kappa shape index (κ2) is 7.89. The molecular formula is C23H24N2O3. The van der Waals surface area contributed by atoms with Crippen LogP contribution in [0.4, 0.5) is 5.69 Å². The number of carbonyl (C=O) groups excluding carboxylic acids is 2. The lowest BCUT2D eigenvalue weighted by molar-refractivity contribution is -0.116. The number of benzene rings is 2. The van der Waals surface area contributed by atoms with E-state index < -0.39 is 0 Å². The maximum atomic E-state index is 12.5. The van der Waals surface area contributed by atoms with Crippen LogP contribution in [-0.4, -0.2) is 29.4 Å². The number of ether oxygens (including phenoxy) is 1. The molecule has 5 heteroatoms. The highest BCUT2D eigenvalue weighted by Gasteiger charge is 2.30. The molecule has 0 bridgehead atoms. The molecule has 5 nitrogen and oxygen atoms in total. The Kier molecular flexibility index (Phi) is 5.15. The molecule has 1 saturated carbocycles. The summed E-state index contributed by atoms with van der Waals surface area (Å²) >= 11 is 0. The van der Waals surface area contributed by atoms with Crippen molar-refractivity contribution < 1.29 is 14.3 Å². The Balaban J connectivity index is 1.33. The highest BCUT2D eigenvalue weighted by Crippen LogP contribution is 2.31. The number of nitrogens with one attached hydrogen (secondary N) is 1. The molecule has 0 radical (unpaired) electrons. The fourth-order valence-corrected chi connectivity index (χ4v) is 3.85. The van der Waals surface area contributed by atoms with Gasteiger partial charge in [-0.1, -0.05) is 30.8 Å². The largest absolute Gasteiger partial charge is 0.490 e. The van der Waals surface area contributed by atoms with E-state index in [2.05, 4.69) is 11.9 Å². The van der Waals surface area contributed by atoms with Gasteiger partial charge in [0.2, 0.25) is 5.91 Å². The average molecular weight is 376 g/mol. The van der Waals surface area contributed by atoms with Gasteiger partial charge in [0.05, 0.1) is 6.10 Å². The average Bonchev–Trinajstić information content (AvgIpc) is 3.28. The van der Waals surface area contributed by atoms with Gasteiger partial charge >= 0.3 is 0 Å². The number of anilines is 1. The van der Waals surface area contributed by atoms with E-state index in [0.29, 0.717) is 23.5 Å². The van der Waals surface area contributed by atoms with Crippen LogP contribution in [0.3, 0.4) is 0 Å². The van der Waals surface area contributed by atoms with E-state index >= 15 is 0 Å². The van der Waals surface area contributed by atoms with E-state index in [-0.39, 0.29) is 24.3 Å². The zero-order valence-corrected chi connectivity index (χ0v) is 15.8. The lowest BCUT2D eigenvalue weighted by Gasteiger charge is -2.17. The van der Waals surface area contributed by atoms with Gasteiger partial charge < -0.3 is 15.0 Å². The zero-order valence-electron chi connectivity index (χ0n) is 15.8. The van der Waals surface area contributed by atoms with Crippen LogP contribution in [0.2, 0.25) is 0 Å². The lowest BCUT2D eigenvalue weighted by Crippen LogP contribution is -2.27. The third-order valence-electron chi connectivity index (χ3n) is 5.32. The van der Waals surface area contributed by atoms with E-state index in [1.54, 1.807) is 11.0 Å². The first-order chi connectivity index (χ1) is 13.6. The van der Waals surface area contributed by atoms with Crippen molar-refractivity contribution in [1.29, 1.82) is 0 Å². The van der Waals surface area contributed by atoms with Crippen molar-refractivity contribution in [1.82, 2.24) is 4.90 Å². The fraction of sp³-hybridized carbons (Fsp3) is 0.304. The summed E-state index contributed by atoms with van der Waals surface area (Å²) in [6.07, 6.45) is 5.09. The monoisotopic (exact) mass is 376 g/mol. The zero-order chi connectivity index (χ0) is 19.5.